The molecule has 3 aromatic rings. The number of aryl methyl sites for hydroxylation is 1. The molecule has 7 N–H and O–H groups in total. The Morgan fingerprint density at radius 3 is 2.21 bits per heavy atom. The molecule has 1 unspecified atom stereocenters. The Balaban J connectivity index is 1.59. The first-order valence-electron chi connectivity index (χ1n) is 11.8. The number of pyridine rings is 1. The van der Waals surface area contributed by atoms with Gasteiger partial charge in [0, 0.05) is 29.0 Å². The van der Waals surface area contributed by atoms with Crippen molar-refractivity contribution in [1.29, 1.82) is 5.41 Å². The highest BCUT2D eigenvalue weighted by Gasteiger charge is 2.25. The van der Waals surface area contributed by atoms with Crippen LogP contribution < -0.4 is 25.8 Å². The average molecular weight is 540 g/mol. The van der Waals surface area contributed by atoms with E-state index in [1.807, 2.05) is 0 Å². The van der Waals surface area contributed by atoms with Gasteiger partial charge >= 0.3 is 0 Å². The third-order valence-corrected chi connectivity index (χ3v) is 6.98. The van der Waals surface area contributed by atoms with Crippen LogP contribution in [0.3, 0.4) is 0 Å². The highest BCUT2D eigenvalue weighted by atomic mass is 32.2. The molecule has 0 bridgehead atoms. The van der Waals surface area contributed by atoms with Crippen LogP contribution in [-0.4, -0.2) is 43.9 Å². The van der Waals surface area contributed by atoms with Gasteiger partial charge in [-0.1, -0.05) is 54.6 Å². The minimum Gasteiger partial charge on any atom is -0.384 e. The molecule has 200 valence electrons. The van der Waals surface area contributed by atoms with Crippen LogP contribution in [0.25, 0.3) is 0 Å². The third-order valence-electron chi connectivity index (χ3n) is 5.62. The molecule has 0 aliphatic heterocycles. The standard InChI is InChI=1S/C26H30N6O5S/c27-25(28)22-9-6-20(7-10-22)16-29-24(33)17-30-26(34)23(11-8-19-12-14-32(35)15-13-19)31-38(36,37)18-21-4-2-1-3-5-21/h1-7,9-10,12-15,23,31H,8,11,16-18H2,(H5-,27,28,29,30,33,34,35)/p+1. The van der Waals surface area contributed by atoms with Crippen molar-refractivity contribution in [3.05, 3.63) is 101 Å². The van der Waals surface area contributed by atoms with E-state index in [4.69, 9.17) is 11.1 Å². The Hall–Kier alpha value is -4.29. The second kappa shape index (κ2) is 13.3. The van der Waals surface area contributed by atoms with Crippen LogP contribution in [0.4, 0.5) is 0 Å². The molecule has 0 aliphatic rings. The first-order valence-corrected chi connectivity index (χ1v) is 13.5. The summed E-state index contributed by atoms with van der Waals surface area (Å²) < 4.78 is 29.0. The quantitative estimate of drug-likeness (QED) is 0.0789. The molecule has 38 heavy (non-hydrogen) atoms. The lowest BCUT2D eigenvalue weighted by molar-refractivity contribution is -0.904. The maximum absolute atomic E-state index is 12.9. The second-order valence-electron chi connectivity index (χ2n) is 8.65. The molecule has 0 fully saturated rings. The molecule has 1 heterocycles. The minimum absolute atomic E-state index is 0.0541. The first-order chi connectivity index (χ1) is 18.1. The summed E-state index contributed by atoms with van der Waals surface area (Å²) in [6.07, 6.45) is 3.36. The fourth-order valence-corrected chi connectivity index (χ4v) is 4.95. The number of rotatable bonds is 13. The summed E-state index contributed by atoms with van der Waals surface area (Å²) in [6.45, 7) is -0.129. The molecular weight excluding hydrogens is 508 g/mol. The SMILES string of the molecule is N=C(N)c1ccc(CNC(=O)CNC(=O)C(CCc2cc[n+](O)cc2)NS(=O)(=O)Cc2ccccc2)cc1. The summed E-state index contributed by atoms with van der Waals surface area (Å²) in [5, 5.41) is 22.0. The van der Waals surface area contributed by atoms with E-state index in [1.54, 1.807) is 66.7 Å². The summed E-state index contributed by atoms with van der Waals surface area (Å²) in [5.74, 6) is -1.43. The number of nitrogens with one attached hydrogen (secondary N) is 4. The Kier molecular flexibility index (Phi) is 9.91. The van der Waals surface area contributed by atoms with Gasteiger partial charge in [0.05, 0.1) is 12.3 Å². The van der Waals surface area contributed by atoms with Gasteiger partial charge < -0.3 is 16.4 Å². The Bertz CT molecular complexity index is 1350. The fraction of sp³-hybridized carbons (Fsp3) is 0.231. The van der Waals surface area contributed by atoms with E-state index in [9.17, 15) is 23.2 Å². The zero-order valence-corrected chi connectivity index (χ0v) is 21.4. The van der Waals surface area contributed by atoms with Crippen molar-refractivity contribution in [3.8, 4) is 0 Å². The molecule has 12 heteroatoms. The van der Waals surface area contributed by atoms with Crippen molar-refractivity contribution in [2.45, 2.75) is 31.2 Å². The number of hydrogen-bond donors (Lipinski definition) is 6. The molecule has 0 aliphatic carbocycles. The van der Waals surface area contributed by atoms with E-state index in [-0.39, 0.29) is 31.1 Å². The monoisotopic (exact) mass is 539 g/mol. The number of sulfonamides is 1. The third kappa shape index (κ3) is 9.30. The number of amides is 2. The minimum atomic E-state index is -3.86. The van der Waals surface area contributed by atoms with Crippen molar-refractivity contribution in [2.75, 3.05) is 6.54 Å². The Morgan fingerprint density at radius 1 is 0.921 bits per heavy atom. The van der Waals surface area contributed by atoms with Crippen LogP contribution in [0.1, 0.15) is 28.7 Å². The first kappa shape index (κ1) is 28.3. The molecule has 0 saturated heterocycles. The number of nitrogens with zero attached hydrogens (tertiary/aromatic N) is 1. The molecule has 0 saturated carbocycles. The number of carbonyl (C=O) groups is 2. The van der Waals surface area contributed by atoms with Crippen molar-refractivity contribution >= 4 is 27.7 Å². The maximum atomic E-state index is 12.9. The van der Waals surface area contributed by atoms with Crippen LogP contribution >= 0.6 is 0 Å². The van der Waals surface area contributed by atoms with Gasteiger partial charge in [-0.05, 0) is 29.5 Å². The van der Waals surface area contributed by atoms with Crippen LogP contribution in [0.5, 0.6) is 0 Å². The van der Waals surface area contributed by atoms with E-state index < -0.39 is 27.9 Å². The highest BCUT2D eigenvalue weighted by molar-refractivity contribution is 7.88. The highest BCUT2D eigenvalue weighted by Crippen LogP contribution is 2.09. The van der Waals surface area contributed by atoms with Crippen molar-refractivity contribution < 1.29 is 27.9 Å². The lowest BCUT2D eigenvalue weighted by Gasteiger charge is -2.18. The zero-order valence-electron chi connectivity index (χ0n) is 20.6. The van der Waals surface area contributed by atoms with Crippen molar-refractivity contribution in [3.63, 3.8) is 0 Å². The van der Waals surface area contributed by atoms with Gasteiger partial charge in [-0.15, -0.1) is 0 Å². The number of benzene rings is 2. The molecule has 1 atom stereocenters. The van der Waals surface area contributed by atoms with E-state index in [1.165, 1.54) is 12.4 Å². The van der Waals surface area contributed by atoms with Gasteiger partial charge in [0.1, 0.15) is 11.9 Å². The number of amidine groups is 1. The lowest BCUT2D eigenvalue weighted by Crippen LogP contribution is -2.49. The summed E-state index contributed by atoms with van der Waals surface area (Å²) >= 11 is 0. The zero-order chi connectivity index (χ0) is 27.5. The Morgan fingerprint density at radius 2 is 1.58 bits per heavy atom. The van der Waals surface area contributed by atoms with Crippen LogP contribution in [-0.2, 0) is 38.3 Å². The van der Waals surface area contributed by atoms with Gasteiger partial charge in [-0.2, -0.15) is 0 Å². The van der Waals surface area contributed by atoms with Gasteiger partial charge in [0.25, 0.3) is 0 Å². The largest absolute Gasteiger partial charge is 0.384 e. The molecule has 0 radical (unpaired) electrons. The summed E-state index contributed by atoms with van der Waals surface area (Å²) in [5.41, 5.74) is 8.16. The van der Waals surface area contributed by atoms with E-state index in [0.717, 1.165) is 15.9 Å². The van der Waals surface area contributed by atoms with Gasteiger partial charge in [-0.3, -0.25) is 20.2 Å². The molecule has 2 aromatic carbocycles. The van der Waals surface area contributed by atoms with Crippen molar-refractivity contribution in [2.24, 2.45) is 5.73 Å². The molecule has 3 rings (SSSR count). The molecule has 0 spiro atoms. The Labute approximate surface area is 221 Å². The predicted octanol–water partition coefficient (Wildman–Crippen LogP) is 0.349. The van der Waals surface area contributed by atoms with E-state index in [0.29, 0.717) is 17.5 Å². The van der Waals surface area contributed by atoms with Gasteiger partial charge in [0.2, 0.25) is 34.2 Å². The summed E-state index contributed by atoms with van der Waals surface area (Å²) in [6, 6.07) is 17.6. The number of nitrogens with two attached hydrogens (primary N) is 1. The number of hydrogen-bond acceptors (Lipinski definition) is 6. The topological polar surface area (TPSA) is 178 Å². The normalized spacial score (nSPS) is 11.9. The van der Waals surface area contributed by atoms with Crippen LogP contribution in [0, 0.1) is 5.41 Å². The summed E-state index contributed by atoms with van der Waals surface area (Å²) in [4.78, 5) is 25.2. The molecule has 1 aromatic heterocycles. The van der Waals surface area contributed by atoms with E-state index in [2.05, 4.69) is 15.4 Å². The smallest absolute Gasteiger partial charge is 0.239 e. The van der Waals surface area contributed by atoms with Gasteiger partial charge in [-0.25, -0.2) is 13.1 Å². The average Bonchev–Trinajstić information content (AvgIpc) is 2.89. The molecule has 11 nitrogen and oxygen atoms in total. The lowest BCUT2D eigenvalue weighted by atomic mass is 10.1. The van der Waals surface area contributed by atoms with Crippen LogP contribution in [0.15, 0.2) is 79.1 Å². The molecule has 2 amide bonds. The number of carbonyl (C=O) groups excluding carboxylic acids is 2. The predicted molar refractivity (Wildman–Crippen MR) is 140 cm³/mol. The van der Waals surface area contributed by atoms with Gasteiger partial charge in [0.15, 0.2) is 0 Å². The van der Waals surface area contributed by atoms with E-state index >= 15 is 0 Å². The van der Waals surface area contributed by atoms with Crippen LogP contribution in [0.2, 0.25) is 0 Å². The van der Waals surface area contributed by atoms with Crippen molar-refractivity contribution in [1.82, 2.24) is 15.4 Å². The maximum Gasteiger partial charge on any atom is 0.239 e. The fourth-order valence-electron chi connectivity index (χ4n) is 3.58. The molecular formula is C26H31N6O5S+. The summed E-state index contributed by atoms with van der Waals surface area (Å²) in [7, 11) is -3.86. The number of aromatic nitrogens is 1. The second-order valence-corrected chi connectivity index (χ2v) is 10.4. The number of nitrogen functional groups attached to an aromatic ring is 1.